The fourth-order valence-corrected chi connectivity index (χ4v) is 6.12. The number of amides is 1. The lowest BCUT2D eigenvalue weighted by atomic mass is 9.86. The minimum Gasteiger partial charge on any atom is -0.381 e. The van der Waals surface area contributed by atoms with Gasteiger partial charge in [-0.25, -0.2) is 0 Å². The van der Waals surface area contributed by atoms with Gasteiger partial charge >= 0.3 is 0 Å². The number of hydrogen-bond acceptors (Lipinski definition) is 4. The minimum absolute atomic E-state index is 0.0694. The molecule has 1 aliphatic heterocycles. The predicted octanol–water partition coefficient (Wildman–Crippen LogP) is 2.72. The van der Waals surface area contributed by atoms with Gasteiger partial charge in [-0.15, -0.1) is 0 Å². The number of thioether (sulfide) groups is 1. The number of nitrogens with one attached hydrogen (secondary N) is 1. The highest BCUT2D eigenvalue weighted by Gasteiger charge is 2.49. The van der Waals surface area contributed by atoms with Crippen LogP contribution >= 0.6 is 11.8 Å². The predicted molar refractivity (Wildman–Crippen MR) is 84.4 cm³/mol. The van der Waals surface area contributed by atoms with E-state index in [0.29, 0.717) is 6.04 Å². The number of aliphatic imine (C=N–C) groups is 1. The molecular weight excluding hydrogens is 284 g/mol. The zero-order chi connectivity index (χ0) is 14.4. The Balaban J connectivity index is 1.42. The molecular formula is C16H24N2O2S. The van der Waals surface area contributed by atoms with Crippen LogP contribution in [-0.2, 0) is 9.53 Å². The molecule has 5 heteroatoms. The number of rotatable bonds is 2. The summed E-state index contributed by atoms with van der Waals surface area (Å²) in [6.07, 6.45) is 9.51. The molecule has 4 nitrogen and oxygen atoms in total. The van der Waals surface area contributed by atoms with Crippen LogP contribution < -0.4 is 5.32 Å². The van der Waals surface area contributed by atoms with Crippen molar-refractivity contribution in [2.45, 2.75) is 68.3 Å². The first kappa shape index (κ1) is 14.1. The Hall–Kier alpha value is -0.550. The molecule has 4 aliphatic rings. The molecule has 2 bridgehead atoms. The Morgan fingerprint density at radius 3 is 2.95 bits per heavy atom. The number of hydrogen-bond donors (Lipinski definition) is 1. The monoisotopic (exact) mass is 308 g/mol. The second kappa shape index (κ2) is 5.27. The van der Waals surface area contributed by atoms with E-state index >= 15 is 0 Å². The van der Waals surface area contributed by atoms with Crippen LogP contribution in [0.3, 0.4) is 0 Å². The van der Waals surface area contributed by atoms with Crippen molar-refractivity contribution in [1.29, 1.82) is 0 Å². The Morgan fingerprint density at radius 1 is 1.33 bits per heavy atom. The van der Waals surface area contributed by atoms with Crippen LogP contribution in [0.15, 0.2) is 4.99 Å². The lowest BCUT2D eigenvalue weighted by Crippen LogP contribution is -2.41. The Labute approximate surface area is 130 Å². The number of ether oxygens (including phenoxy) is 1. The van der Waals surface area contributed by atoms with Crippen LogP contribution in [0.4, 0.5) is 0 Å². The second-order valence-electron chi connectivity index (χ2n) is 7.20. The molecule has 116 valence electrons. The fourth-order valence-electron chi connectivity index (χ4n) is 4.76. The van der Waals surface area contributed by atoms with E-state index in [1.165, 1.54) is 25.7 Å². The summed E-state index contributed by atoms with van der Waals surface area (Å²) in [6, 6.07) is 0.555. The number of carbonyl (C=O) groups is 1. The summed E-state index contributed by atoms with van der Waals surface area (Å²) in [5.74, 6) is 1.79. The molecule has 1 N–H and O–H groups in total. The third-order valence-corrected chi connectivity index (χ3v) is 7.27. The van der Waals surface area contributed by atoms with Crippen LogP contribution in [0.2, 0.25) is 0 Å². The molecule has 0 aromatic heterocycles. The number of fused-ring (bicyclic) bond motifs is 2. The summed E-state index contributed by atoms with van der Waals surface area (Å²) >= 11 is 1.68. The van der Waals surface area contributed by atoms with Crippen molar-refractivity contribution in [3.63, 3.8) is 0 Å². The van der Waals surface area contributed by atoms with Gasteiger partial charge in [-0.1, -0.05) is 18.2 Å². The van der Waals surface area contributed by atoms with Gasteiger partial charge in [-0.3, -0.25) is 4.79 Å². The first-order chi connectivity index (χ1) is 10.2. The van der Waals surface area contributed by atoms with Gasteiger partial charge < -0.3 is 10.1 Å². The molecule has 5 unspecified atom stereocenters. The van der Waals surface area contributed by atoms with Crippen LogP contribution in [0.5, 0.6) is 0 Å². The van der Waals surface area contributed by atoms with E-state index in [1.807, 2.05) is 0 Å². The summed E-state index contributed by atoms with van der Waals surface area (Å²) in [5, 5.41) is 4.48. The summed E-state index contributed by atoms with van der Waals surface area (Å²) in [7, 11) is 1.75. The molecule has 4 rings (SSSR count). The van der Waals surface area contributed by atoms with Crippen LogP contribution in [0.1, 0.15) is 51.4 Å². The lowest BCUT2D eigenvalue weighted by molar-refractivity contribution is -0.121. The molecule has 0 aromatic carbocycles. The quantitative estimate of drug-likeness (QED) is 0.852. The van der Waals surface area contributed by atoms with Gasteiger partial charge in [0.15, 0.2) is 5.17 Å². The number of amidine groups is 1. The van der Waals surface area contributed by atoms with Crippen molar-refractivity contribution in [3.8, 4) is 0 Å². The largest absolute Gasteiger partial charge is 0.381 e. The lowest BCUT2D eigenvalue weighted by Gasteiger charge is -2.34. The maximum Gasteiger partial charge on any atom is 0.264 e. The van der Waals surface area contributed by atoms with Gasteiger partial charge in [-0.05, 0) is 56.8 Å². The minimum atomic E-state index is -0.334. The first-order valence-corrected chi connectivity index (χ1v) is 9.12. The highest BCUT2D eigenvalue weighted by atomic mass is 32.2. The van der Waals surface area contributed by atoms with E-state index in [0.717, 1.165) is 42.7 Å². The molecule has 3 fully saturated rings. The number of carbonyl (C=O) groups excluding carboxylic acids is 1. The van der Waals surface area contributed by atoms with Crippen molar-refractivity contribution in [1.82, 2.24) is 5.32 Å². The second-order valence-corrected chi connectivity index (χ2v) is 8.57. The fraction of sp³-hybridized carbons (Fsp3) is 0.875. The van der Waals surface area contributed by atoms with Gasteiger partial charge in [0, 0.05) is 13.2 Å². The average molecular weight is 308 g/mol. The van der Waals surface area contributed by atoms with Crippen LogP contribution in [-0.4, -0.2) is 35.1 Å². The van der Waals surface area contributed by atoms with Gasteiger partial charge in [0.1, 0.15) is 4.75 Å². The molecule has 1 amide bonds. The van der Waals surface area contributed by atoms with Gasteiger partial charge in [0.25, 0.3) is 5.91 Å². The van der Waals surface area contributed by atoms with Gasteiger partial charge in [-0.2, -0.15) is 4.99 Å². The molecule has 5 atom stereocenters. The zero-order valence-electron chi connectivity index (χ0n) is 12.6. The first-order valence-electron chi connectivity index (χ1n) is 8.30. The van der Waals surface area contributed by atoms with Crippen molar-refractivity contribution in [2.24, 2.45) is 16.8 Å². The molecule has 0 aromatic rings. The summed E-state index contributed by atoms with van der Waals surface area (Å²) < 4.78 is 5.16. The highest BCUT2D eigenvalue weighted by molar-refractivity contribution is 8.16. The smallest absolute Gasteiger partial charge is 0.264 e. The standard InChI is InChI=1S/C16H24N2O2S/c1-20-12-3-2-6-16(9-12)14(19)18-15(21-16)17-13-8-10-4-5-11(13)7-10/h10-13H,2-9H2,1H3,(H,17,18,19). The number of nitrogens with zero attached hydrogens (tertiary/aromatic N) is 1. The summed E-state index contributed by atoms with van der Waals surface area (Å²) in [4.78, 5) is 16.8. The molecule has 1 heterocycles. The molecule has 0 radical (unpaired) electrons. The maximum absolute atomic E-state index is 12.5. The van der Waals surface area contributed by atoms with E-state index in [2.05, 4.69) is 10.3 Å². The summed E-state index contributed by atoms with van der Waals surface area (Å²) in [5.41, 5.74) is 0. The number of methoxy groups -OCH3 is 1. The maximum atomic E-state index is 12.5. The third-order valence-electron chi connectivity index (χ3n) is 5.93. The van der Waals surface area contributed by atoms with Crippen LogP contribution in [0.25, 0.3) is 0 Å². The third kappa shape index (κ3) is 2.42. The van der Waals surface area contributed by atoms with Crippen LogP contribution in [0, 0.1) is 11.8 Å². The molecule has 1 spiro atoms. The Kier molecular flexibility index (Phi) is 3.53. The Bertz CT molecular complexity index is 481. The summed E-state index contributed by atoms with van der Waals surface area (Å²) in [6.45, 7) is 0. The van der Waals surface area contributed by atoms with Crippen molar-refractivity contribution >= 4 is 22.8 Å². The zero-order valence-corrected chi connectivity index (χ0v) is 13.5. The molecule has 0 saturated heterocycles. The van der Waals surface area contributed by atoms with E-state index < -0.39 is 0 Å². The molecule has 21 heavy (non-hydrogen) atoms. The topological polar surface area (TPSA) is 50.7 Å². The van der Waals surface area contributed by atoms with Crippen molar-refractivity contribution in [2.75, 3.05) is 7.11 Å². The Morgan fingerprint density at radius 2 is 2.24 bits per heavy atom. The van der Waals surface area contributed by atoms with E-state index in [4.69, 9.17) is 4.74 Å². The molecule has 3 aliphatic carbocycles. The van der Waals surface area contributed by atoms with Crippen molar-refractivity contribution < 1.29 is 9.53 Å². The van der Waals surface area contributed by atoms with E-state index in [1.54, 1.807) is 18.9 Å². The van der Waals surface area contributed by atoms with E-state index in [9.17, 15) is 4.79 Å². The van der Waals surface area contributed by atoms with E-state index in [-0.39, 0.29) is 16.8 Å². The molecule has 3 saturated carbocycles. The van der Waals surface area contributed by atoms with Gasteiger partial charge in [0.2, 0.25) is 0 Å². The normalized spacial score (nSPS) is 45.4. The highest BCUT2D eigenvalue weighted by Crippen LogP contribution is 2.48. The van der Waals surface area contributed by atoms with Gasteiger partial charge in [0.05, 0.1) is 6.10 Å². The van der Waals surface area contributed by atoms with Crippen molar-refractivity contribution in [3.05, 3.63) is 0 Å². The SMILES string of the molecule is COC1CCCC2(C1)SC(NC1CC3CCC1C3)=NC2=O. The average Bonchev–Trinajstić information content (AvgIpc) is 3.16.